The summed E-state index contributed by atoms with van der Waals surface area (Å²) in [7, 11) is 0. The van der Waals surface area contributed by atoms with Gasteiger partial charge in [0.2, 0.25) is 12.1 Å². The molecular weight excluding hydrogens is 124 g/mol. The molecule has 0 rings (SSSR count). The van der Waals surface area contributed by atoms with Crippen LogP contribution in [0.15, 0.2) is 0 Å². The second kappa shape index (κ2) is 3.03. The first-order valence-electron chi connectivity index (χ1n) is 2.28. The van der Waals surface area contributed by atoms with Crippen molar-refractivity contribution >= 4 is 11.8 Å². The summed E-state index contributed by atoms with van der Waals surface area (Å²) < 4.78 is 0. The molecule has 0 fully saturated rings. The van der Waals surface area contributed by atoms with E-state index in [0.29, 0.717) is 0 Å². The topological polar surface area (TPSA) is 92.4 Å². The number of nitrogens with one attached hydrogen (secondary N) is 1. The van der Waals surface area contributed by atoms with Crippen molar-refractivity contribution in [3.8, 4) is 0 Å². The molecule has 52 valence electrons. The predicted octanol–water partition coefficient (Wildman–Crippen LogP) is -2.07. The van der Waals surface area contributed by atoms with Crippen LogP contribution in [0.2, 0.25) is 0 Å². The SMILES string of the molecule is CC(=O)N[C@@H](O)C(N)=O. The summed E-state index contributed by atoms with van der Waals surface area (Å²) in [6.45, 7) is 1.17. The molecule has 5 nitrogen and oxygen atoms in total. The Morgan fingerprint density at radius 3 is 2.22 bits per heavy atom. The van der Waals surface area contributed by atoms with Crippen LogP contribution < -0.4 is 11.1 Å². The molecule has 4 N–H and O–H groups in total. The van der Waals surface area contributed by atoms with Crippen LogP contribution in [0.1, 0.15) is 6.92 Å². The number of amides is 2. The van der Waals surface area contributed by atoms with Gasteiger partial charge < -0.3 is 16.2 Å². The van der Waals surface area contributed by atoms with Crippen LogP contribution in [-0.2, 0) is 9.59 Å². The van der Waals surface area contributed by atoms with E-state index in [1.165, 1.54) is 6.92 Å². The van der Waals surface area contributed by atoms with Crippen LogP contribution in [0.4, 0.5) is 0 Å². The number of aliphatic hydroxyl groups is 1. The zero-order chi connectivity index (χ0) is 7.44. The summed E-state index contributed by atoms with van der Waals surface area (Å²) in [5.41, 5.74) is 4.58. The highest BCUT2D eigenvalue weighted by atomic mass is 16.3. The van der Waals surface area contributed by atoms with Crippen LogP contribution >= 0.6 is 0 Å². The normalized spacial score (nSPS) is 12.2. The van der Waals surface area contributed by atoms with Gasteiger partial charge in [0.05, 0.1) is 0 Å². The van der Waals surface area contributed by atoms with E-state index in [-0.39, 0.29) is 0 Å². The summed E-state index contributed by atoms with van der Waals surface area (Å²) >= 11 is 0. The third-order valence-corrected chi connectivity index (χ3v) is 0.609. The average molecular weight is 132 g/mol. The van der Waals surface area contributed by atoms with E-state index in [0.717, 1.165) is 0 Å². The molecule has 0 aliphatic carbocycles. The van der Waals surface area contributed by atoms with Crippen molar-refractivity contribution in [2.75, 3.05) is 0 Å². The Labute approximate surface area is 51.8 Å². The second-order valence-corrected chi connectivity index (χ2v) is 1.51. The van der Waals surface area contributed by atoms with E-state index in [1.807, 2.05) is 5.32 Å². The molecule has 5 heteroatoms. The van der Waals surface area contributed by atoms with Gasteiger partial charge in [0, 0.05) is 6.92 Å². The maximum atomic E-state index is 10.1. The quantitative estimate of drug-likeness (QED) is 0.377. The van der Waals surface area contributed by atoms with Crippen molar-refractivity contribution in [1.82, 2.24) is 5.32 Å². The van der Waals surface area contributed by atoms with Gasteiger partial charge in [-0.3, -0.25) is 9.59 Å². The number of hydrogen-bond donors (Lipinski definition) is 3. The van der Waals surface area contributed by atoms with Gasteiger partial charge in [-0.15, -0.1) is 0 Å². The van der Waals surface area contributed by atoms with Crippen molar-refractivity contribution in [2.45, 2.75) is 13.2 Å². The molecule has 0 aromatic rings. The summed E-state index contributed by atoms with van der Waals surface area (Å²) in [6, 6.07) is 0. The molecule has 2 amide bonds. The molecule has 0 aromatic carbocycles. The maximum absolute atomic E-state index is 10.1. The van der Waals surface area contributed by atoms with Crippen LogP contribution in [0.3, 0.4) is 0 Å². The molecule has 0 aliphatic heterocycles. The first-order valence-corrected chi connectivity index (χ1v) is 2.28. The summed E-state index contributed by atoms with van der Waals surface area (Å²) in [5, 5.41) is 10.4. The lowest BCUT2D eigenvalue weighted by molar-refractivity contribution is -0.133. The summed E-state index contributed by atoms with van der Waals surface area (Å²) in [4.78, 5) is 20.1. The molecule has 0 heterocycles. The zero-order valence-electron chi connectivity index (χ0n) is 4.92. The van der Waals surface area contributed by atoms with Crippen LogP contribution in [-0.4, -0.2) is 23.1 Å². The minimum Gasteiger partial charge on any atom is -0.366 e. The van der Waals surface area contributed by atoms with E-state index < -0.39 is 18.0 Å². The van der Waals surface area contributed by atoms with Gasteiger partial charge in [0.1, 0.15) is 0 Å². The summed E-state index contributed by atoms with van der Waals surface area (Å²) in [6.07, 6.45) is -1.57. The Kier molecular flexibility index (Phi) is 2.66. The number of rotatable bonds is 2. The Balaban J connectivity index is 3.63. The van der Waals surface area contributed by atoms with E-state index in [1.54, 1.807) is 0 Å². The Bertz CT molecular complexity index is 134. The van der Waals surface area contributed by atoms with E-state index in [2.05, 4.69) is 5.73 Å². The number of carbonyl (C=O) groups excluding carboxylic acids is 2. The lowest BCUT2D eigenvalue weighted by Gasteiger charge is -2.04. The molecule has 0 unspecified atom stereocenters. The predicted molar refractivity (Wildman–Crippen MR) is 29.0 cm³/mol. The number of hydrogen-bond acceptors (Lipinski definition) is 3. The molecule has 0 aromatic heterocycles. The lowest BCUT2D eigenvalue weighted by atomic mass is 10.5. The molecule has 0 bridgehead atoms. The zero-order valence-corrected chi connectivity index (χ0v) is 4.92. The smallest absolute Gasteiger partial charge is 0.267 e. The fourth-order valence-electron chi connectivity index (χ4n) is 0.264. The first kappa shape index (κ1) is 7.90. The molecule has 0 radical (unpaired) electrons. The van der Waals surface area contributed by atoms with E-state index in [9.17, 15) is 9.59 Å². The number of carbonyl (C=O) groups is 2. The van der Waals surface area contributed by atoms with Crippen molar-refractivity contribution in [3.05, 3.63) is 0 Å². The third kappa shape index (κ3) is 3.48. The monoisotopic (exact) mass is 132 g/mol. The molecule has 0 saturated carbocycles. The van der Waals surface area contributed by atoms with Crippen molar-refractivity contribution < 1.29 is 14.7 Å². The highest BCUT2D eigenvalue weighted by Crippen LogP contribution is 1.71. The minimum atomic E-state index is -1.57. The van der Waals surface area contributed by atoms with Gasteiger partial charge in [-0.1, -0.05) is 0 Å². The Morgan fingerprint density at radius 1 is 1.67 bits per heavy atom. The number of nitrogens with two attached hydrogens (primary N) is 1. The molecule has 0 spiro atoms. The second-order valence-electron chi connectivity index (χ2n) is 1.51. The van der Waals surface area contributed by atoms with E-state index >= 15 is 0 Å². The fraction of sp³-hybridized carbons (Fsp3) is 0.500. The molecular formula is C4H8N2O3. The van der Waals surface area contributed by atoms with Gasteiger partial charge in [-0.05, 0) is 0 Å². The molecule has 9 heavy (non-hydrogen) atoms. The number of primary amides is 1. The lowest BCUT2D eigenvalue weighted by Crippen LogP contribution is -2.43. The van der Waals surface area contributed by atoms with E-state index in [4.69, 9.17) is 5.11 Å². The standard InChI is InChI=1S/C4H8N2O3/c1-2(7)6-4(9)3(5)8/h4,9H,1H3,(H2,5,8)(H,6,7)/t4-/m0/s1. The highest BCUT2D eigenvalue weighted by Gasteiger charge is 2.09. The Hall–Kier alpha value is -1.10. The van der Waals surface area contributed by atoms with Crippen LogP contribution in [0, 0.1) is 0 Å². The number of aliphatic hydroxyl groups excluding tert-OH is 1. The summed E-state index contributed by atoms with van der Waals surface area (Å²) in [5.74, 6) is -1.47. The van der Waals surface area contributed by atoms with Crippen molar-refractivity contribution in [2.24, 2.45) is 5.73 Å². The van der Waals surface area contributed by atoms with Gasteiger partial charge >= 0.3 is 0 Å². The molecule has 0 saturated heterocycles. The maximum Gasteiger partial charge on any atom is 0.267 e. The first-order chi connectivity index (χ1) is 4.04. The fourth-order valence-corrected chi connectivity index (χ4v) is 0.264. The van der Waals surface area contributed by atoms with Crippen molar-refractivity contribution in [1.29, 1.82) is 0 Å². The minimum absolute atomic E-state index is 0.499. The highest BCUT2D eigenvalue weighted by molar-refractivity contribution is 5.84. The third-order valence-electron chi connectivity index (χ3n) is 0.609. The molecule has 1 atom stereocenters. The van der Waals surface area contributed by atoms with Gasteiger partial charge in [-0.2, -0.15) is 0 Å². The molecule has 0 aliphatic rings. The average Bonchev–Trinajstić information content (AvgIpc) is 1.63. The van der Waals surface area contributed by atoms with Gasteiger partial charge in [0.15, 0.2) is 0 Å². The van der Waals surface area contributed by atoms with Gasteiger partial charge in [-0.25, -0.2) is 0 Å². The van der Waals surface area contributed by atoms with Crippen LogP contribution in [0.5, 0.6) is 0 Å². The Morgan fingerprint density at radius 2 is 2.11 bits per heavy atom. The largest absolute Gasteiger partial charge is 0.366 e. The van der Waals surface area contributed by atoms with Gasteiger partial charge in [0.25, 0.3) is 5.91 Å². The van der Waals surface area contributed by atoms with Crippen molar-refractivity contribution in [3.63, 3.8) is 0 Å². The van der Waals surface area contributed by atoms with Crippen LogP contribution in [0.25, 0.3) is 0 Å².